The molecule has 2 heterocycles. The monoisotopic (exact) mass is 535 g/mol. The maximum atomic E-state index is 13.3. The van der Waals surface area contributed by atoms with E-state index in [9.17, 15) is 14.0 Å². The van der Waals surface area contributed by atoms with Crippen LogP contribution in [0.4, 0.5) is 10.2 Å². The van der Waals surface area contributed by atoms with Crippen LogP contribution in [0, 0.1) is 5.82 Å². The van der Waals surface area contributed by atoms with E-state index in [2.05, 4.69) is 15.1 Å². The van der Waals surface area contributed by atoms with E-state index in [0.717, 1.165) is 24.3 Å². The summed E-state index contributed by atoms with van der Waals surface area (Å²) in [5, 5.41) is 8.86. The van der Waals surface area contributed by atoms with Crippen LogP contribution in [0.5, 0.6) is 11.5 Å². The van der Waals surface area contributed by atoms with Gasteiger partial charge in [-0.05, 0) is 74.9 Å². The Kier molecular flexibility index (Phi) is 8.96. The maximum absolute atomic E-state index is 13.3. The minimum Gasteiger partial charge on any atom is -0.493 e. The molecule has 2 amide bonds. The van der Waals surface area contributed by atoms with Crippen LogP contribution in [0.3, 0.4) is 0 Å². The molecular weight excluding hydrogens is 501 g/mol. The number of ether oxygens (including phenoxy) is 2. The van der Waals surface area contributed by atoms with Gasteiger partial charge in [0.25, 0.3) is 5.91 Å². The van der Waals surface area contributed by atoms with Gasteiger partial charge < -0.3 is 24.2 Å². The largest absolute Gasteiger partial charge is 0.493 e. The van der Waals surface area contributed by atoms with Gasteiger partial charge in [-0.15, -0.1) is 10.2 Å². The van der Waals surface area contributed by atoms with Crippen LogP contribution < -0.4 is 14.4 Å². The van der Waals surface area contributed by atoms with Crippen molar-refractivity contribution < 1.29 is 23.5 Å². The Morgan fingerprint density at radius 3 is 2.31 bits per heavy atom. The van der Waals surface area contributed by atoms with Crippen LogP contribution in [-0.2, 0) is 4.79 Å². The van der Waals surface area contributed by atoms with Crippen molar-refractivity contribution in [2.75, 3.05) is 51.8 Å². The highest BCUT2D eigenvalue weighted by molar-refractivity contribution is 5.96. The lowest BCUT2D eigenvalue weighted by molar-refractivity contribution is -0.132. The fourth-order valence-corrected chi connectivity index (χ4v) is 4.53. The molecule has 39 heavy (non-hydrogen) atoms. The first kappa shape index (κ1) is 27.8. The number of nitrogens with zero attached hydrogens (tertiary/aromatic N) is 5. The summed E-state index contributed by atoms with van der Waals surface area (Å²) in [4.78, 5) is 31.6. The molecular formula is C29H34FN5O4. The molecule has 0 aliphatic carbocycles. The number of benzene rings is 2. The smallest absolute Gasteiger partial charge is 0.254 e. The highest BCUT2D eigenvalue weighted by Crippen LogP contribution is 2.31. The number of carbonyl (C=O) groups excluding carboxylic acids is 2. The predicted octanol–water partition coefficient (Wildman–Crippen LogP) is 3.89. The molecule has 0 N–H and O–H groups in total. The first-order valence-electron chi connectivity index (χ1n) is 13.0. The third-order valence-corrected chi connectivity index (χ3v) is 6.78. The predicted molar refractivity (Wildman–Crippen MR) is 147 cm³/mol. The zero-order valence-electron chi connectivity index (χ0n) is 22.8. The number of anilines is 1. The SMILES string of the molecule is COc1ccc(-c2ccc(N3CCCN(C(=O)CN(C(=O)c4ccc(F)cc4)C(C)C)CC3)nn2)cc1OC. The van der Waals surface area contributed by atoms with Gasteiger partial charge in [0.2, 0.25) is 5.91 Å². The van der Waals surface area contributed by atoms with Crippen LogP contribution in [-0.4, -0.2) is 84.8 Å². The number of amides is 2. The highest BCUT2D eigenvalue weighted by Gasteiger charge is 2.26. The zero-order valence-corrected chi connectivity index (χ0v) is 22.8. The van der Waals surface area contributed by atoms with Gasteiger partial charge in [0.05, 0.1) is 19.9 Å². The molecule has 0 radical (unpaired) electrons. The van der Waals surface area contributed by atoms with E-state index in [4.69, 9.17) is 9.47 Å². The summed E-state index contributed by atoms with van der Waals surface area (Å²) in [6, 6.07) is 14.6. The molecule has 1 aromatic heterocycles. The lowest BCUT2D eigenvalue weighted by Crippen LogP contribution is -2.46. The van der Waals surface area contributed by atoms with E-state index < -0.39 is 5.82 Å². The van der Waals surface area contributed by atoms with Crippen molar-refractivity contribution in [2.45, 2.75) is 26.3 Å². The number of carbonyl (C=O) groups is 2. The summed E-state index contributed by atoms with van der Waals surface area (Å²) in [6.07, 6.45) is 0.762. The molecule has 0 unspecified atom stereocenters. The fourth-order valence-electron chi connectivity index (χ4n) is 4.53. The van der Waals surface area contributed by atoms with Crippen LogP contribution in [0.25, 0.3) is 11.3 Å². The van der Waals surface area contributed by atoms with E-state index in [-0.39, 0.29) is 24.4 Å². The number of hydrogen-bond acceptors (Lipinski definition) is 7. The van der Waals surface area contributed by atoms with Gasteiger partial charge in [-0.25, -0.2) is 4.39 Å². The van der Waals surface area contributed by atoms with E-state index >= 15 is 0 Å². The molecule has 0 bridgehead atoms. The lowest BCUT2D eigenvalue weighted by Gasteiger charge is -2.29. The van der Waals surface area contributed by atoms with Crippen molar-refractivity contribution >= 4 is 17.6 Å². The minimum atomic E-state index is -0.409. The van der Waals surface area contributed by atoms with Crippen molar-refractivity contribution in [3.05, 3.63) is 66.0 Å². The standard InChI is InChI=1S/C29H34FN5O4/c1-20(2)35(29(37)21-6-9-23(30)10-7-21)19-28(36)34-15-5-14-33(16-17-34)27-13-11-24(31-32-27)22-8-12-25(38-3)26(18-22)39-4/h6-13,18,20H,5,14-17,19H2,1-4H3. The number of rotatable bonds is 8. The Hall–Kier alpha value is -4.21. The van der Waals surface area contributed by atoms with E-state index in [1.165, 1.54) is 29.2 Å². The first-order valence-corrected chi connectivity index (χ1v) is 13.0. The molecule has 3 aromatic rings. The van der Waals surface area contributed by atoms with Crippen LogP contribution in [0.15, 0.2) is 54.6 Å². The number of methoxy groups -OCH3 is 2. The summed E-state index contributed by atoms with van der Waals surface area (Å²) in [7, 11) is 3.18. The second kappa shape index (κ2) is 12.6. The summed E-state index contributed by atoms with van der Waals surface area (Å²) >= 11 is 0. The third-order valence-electron chi connectivity index (χ3n) is 6.78. The van der Waals surface area contributed by atoms with E-state index in [1.807, 2.05) is 44.2 Å². The topological polar surface area (TPSA) is 88.1 Å². The summed E-state index contributed by atoms with van der Waals surface area (Å²) in [6.45, 7) is 6.12. The minimum absolute atomic E-state index is 0.0340. The Balaban J connectivity index is 1.38. The quantitative estimate of drug-likeness (QED) is 0.433. The second-order valence-electron chi connectivity index (χ2n) is 9.60. The molecule has 10 heteroatoms. The van der Waals surface area contributed by atoms with Gasteiger partial charge in [-0.2, -0.15) is 0 Å². The zero-order chi connectivity index (χ0) is 27.9. The van der Waals surface area contributed by atoms with Crippen molar-refractivity contribution in [1.29, 1.82) is 0 Å². The van der Waals surface area contributed by atoms with E-state index in [1.54, 1.807) is 19.1 Å². The Bertz CT molecular complexity index is 1280. The second-order valence-corrected chi connectivity index (χ2v) is 9.60. The maximum Gasteiger partial charge on any atom is 0.254 e. The molecule has 0 spiro atoms. The van der Waals surface area contributed by atoms with Gasteiger partial charge in [0, 0.05) is 43.3 Å². The van der Waals surface area contributed by atoms with Crippen LogP contribution in [0.2, 0.25) is 0 Å². The van der Waals surface area contributed by atoms with Gasteiger partial charge >= 0.3 is 0 Å². The van der Waals surface area contributed by atoms with Crippen molar-refractivity contribution in [2.24, 2.45) is 0 Å². The summed E-state index contributed by atoms with van der Waals surface area (Å²) < 4.78 is 24.0. The van der Waals surface area contributed by atoms with Crippen molar-refractivity contribution in [1.82, 2.24) is 20.0 Å². The molecule has 0 saturated carbocycles. The molecule has 2 aromatic carbocycles. The van der Waals surface area contributed by atoms with Crippen LogP contribution >= 0.6 is 0 Å². The normalized spacial score (nSPS) is 13.7. The molecule has 1 saturated heterocycles. The number of halogens is 1. The molecule has 1 aliphatic rings. The van der Waals surface area contributed by atoms with Gasteiger partial charge in [0.15, 0.2) is 17.3 Å². The molecule has 9 nitrogen and oxygen atoms in total. The Labute approximate surface area is 228 Å². The Morgan fingerprint density at radius 2 is 1.67 bits per heavy atom. The Morgan fingerprint density at radius 1 is 0.923 bits per heavy atom. The molecule has 1 fully saturated rings. The highest BCUT2D eigenvalue weighted by atomic mass is 19.1. The first-order chi connectivity index (χ1) is 18.8. The van der Waals surface area contributed by atoms with Gasteiger partial charge in [0.1, 0.15) is 12.4 Å². The number of hydrogen-bond donors (Lipinski definition) is 0. The van der Waals surface area contributed by atoms with E-state index in [0.29, 0.717) is 42.4 Å². The third kappa shape index (κ3) is 6.63. The lowest BCUT2D eigenvalue weighted by atomic mass is 10.1. The average Bonchev–Trinajstić information content (AvgIpc) is 3.22. The van der Waals surface area contributed by atoms with Crippen molar-refractivity contribution in [3.8, 4) is 22.8 Å². The van der Waals surface area contributed by atoms with Crippen molar-refractivity contribution in [3.63, 3.8) is 0 Å². The number of aromatic nitrogens is 2. The van der Waals surface area contributed by atoms with Gasteiger partial charge in [-0.3, -0.25) is 9.59 Å². The molecule has 1 aliphatic heterocycles. The van der Waals surface area contributed by atoms with Gasteiger partial charge in [-0.1, -0.05) is 0 Å². The summed E-state index contributed by atoms with van der Waals surface area (Å²) in [5.41, 5.74) is 1.94. The fraction of sp³-hybridized carbons (Fsp3) is 0.379. The van der Waals surface area contributed by atoms with Crippen LogP contribution in [0.1, 0.15) is 30.6 Å². The molecule has 4 rings (SSSR count). The summed E-state index contributed by atoms with van der Waals surface area (Å²) in [5.74, 6) is 1.19. The average molecular weight is 536 g/mol. The molecule has 206 valence electrons. The molecule has 0 atom stereocenters.